The minimum Gasteiger partial charge on any atom is -0.462 e. The Hall–Kier alpha value is -4.19. The number of allylic oxidation sites excluding steroid dienone is 20. The summed E-state index contributed by atoms with van der Waals surface area (Å²) in [5.41, 5.74) is 0. The van der Waals surface area contributed by atoms with E-state index < -0.39 is 6.10 Å². The van der Waals surface area contributed by atoms with Crippen molar-refractivity contribution < 1.29 is 28.6 Å². The number of hydrogen-bond acceptors (Lipinski definition) is 6. The van der Waals surface area contributed by atoms with Gasteiger partial charge < -0.3 is 14.2 Å². The van der Waals surface area contributed by atoms with Gasteiger partial charge in [0.25, 0.3) is 0 Å². The molecule has 67 heavy (non-hydrogen) atoms. The summed E-state index contributed by atoms with van der Waals surface area (Å²) in [5, 5.41) is 0. The second kappa shape index (κ2) is 54.4. The topological polar surface area (TPSA) is 78.9 Å². The van der Waals surface area contributed by atoms with Gasteiger partial charge in [0.05, 0.1) is 0 Å². The molecule has 0 saturated heterocycles. The van der Waals surface area contributed by atoms with E-state index >= 15 is 0 Å². The van der Waals surface area contributed by atoms with Crippen molar-refractivity contribution in [3.8, 4) is 0 Å². The maximum atomic E-state index is 12.8. The number of ether oxygens (including phenoxy) is 3. The summed E-state index contributed by atoms with van der Waals surface area (Å²) in [6.45, 7) is 6.23. The van der Waals surface area contributed by atoms with Crippen molar-refractivity contribution in [2.75, 3.05) is 13.2 Å². The van der Waals surface area contributed by atoms with Gasteiger partial charge in [0.1, 0.15) is 13.2 Å². The van der Waals surface area contributed by atoms with E-state index in [1.807, 2.05) is 0 Å². The van der Waals surface area contributed by atoms with Crippen LogP contribution in [0.2, 0.25) is 0 Å². The summed E-state index contributed by atoms with van der Waals surface area (Å²) in [5.74, 6) is -0.975. The van der Waals surface area contributed by atoms with Crippen molar-refractivity contribution in [1.82, 2.24) is 0 Å². The highest BCUT2D eigenvalue weighted by Gasteiger charge is 2.19. The van der Waals surface area contributed by atoms with Gasteiger partial charge in [-0.2, -0.15) is 0 Å². The van der Waals surface area contributed by atoms with Crippen LogP contribution in [0.25, 0.3) is 0 Å². The molecule has 0 aromatic heterocycles. The maximum absolute atomic E-state index is 12.8. The molecular weight excluding hydrogens is 829 g/mol. The van der Waals surface area contributed by atoms with E-state index in [2.05, 4.69) is 142 Å². The number of hydrogen-bond donors (Lipinski definition) is 0. The normalized spacial score (nSPS) is 13.1. The number of carbonyl (C=O) groups excluding carboxylic acids is 3. The summed E-state index contributed by atoms with van der Waals surface area (Å²) >= 11 is 0. The third-order valence-electron chi connectivity index (χ3n) is 10.9. The number of carbonyl (C=O) groups is 3. The fraction of sp³-hybridized carbons (Fsp3) is 0.623. The van der Waals surface area contributed by atoms with Gasteiger partial charge >= 0.3 is 17.9 Å². The van der Waals surface area contributed by atoms with Crippen molar-refractivity contribution in [3.63, 3.8) is 0 Å². The Morgan fingerprint density at radius 1 is 0.299 bits per heavy atom. The van der Waals surface area contributed by atoms with Crippen molar-refractivity contribution in [2.24, 2.45) is 0 Å². The summed E-state index contributed by atoms with van der Waals surface area (Å²) in [7, 11) is 0. The van der Waals surface area contributed by atoms with Crippen molar-refractivity contribution in [3.05, 3.63) is 122 Å². The third kappa shape index (κ3) is 52.6. The van der Waals surface area contributed by atoms with Crippen LogP contribution in [0.1, 0.15) is 226 Å². The summed E-state index contributed by atoms with van der Waals surface area (Å²) in [4.78, 5) is 38.0. The molecule has 6 heteroatoms. The number of unbranched alkanes of at least 4 members (excludes halogenated alkanes) is 16. The van der Waals surface area contributed by atoms with Crippen LogP contribution < -0.4 is 0 Å². The van der Waals surface area contributed by atoms with Gasteiger partial charge in [-0.25, -0.2) is 0 Å². The fourth-order valence-electron chi connectivity index (χ4n) is 6.99. The highest BCUT2D eigenvalue weighted by Crippen LogP contribution is 2.14. The van der Waals surface area contributed by atoms with Gasteiger partial charge in [-0.15, -0.1) is 0 Å². The Kier molecular flexibility index (Phi) is 51.0. The molecule has 0 aliphatic heterocycles. The van der Waals surface area contributed by atoms with Crippen LogP contribution in [0.3, 0.4) is 0 Å². The van der Waals surface area contributed by atoms with E-state index in [1.165, 1.54) is 51.4 Å². The molecule has 0 heterocycles. The predicted molar refractivity (Wildman–Crippen MR) is 288 cm³/mol. The van der Waals surface area contributed by atoms with E-state index in [9.17, 15) is 14.4 Å². The maximum Gasteiger partial charge on any atom is 0.306 e. The first-order valence-electron chi connectivity index (χ1n) is 27.0. The van der Waals surface area contributed by atoms with Crippen LogP contribution in [0.5, 0.6) is 0 Å². The molecule has 0 rings (SSSR count). The molecule has 1 atom stereocenters. The molecule has 0 aromatic carbocycles. The minimum atomic E-state index is -0.810. The molecule has 0 N–H and O–H groups in total. The van der Waals surface area contributed by atoms with Crippen LogP contribution in [0.15, 0.2) is 122 Å². The SMILES string of the molecule is CC/C=C\C/C=C\C/C=C\C/C=C\CCCCCCCCCCCCC(=O)OCC(COC(=O)CCCCC/C=C\C/C=C\C/C=C\CC)OC(=O)CCCCC/C=C\C/C=C\C/C=C\CC. The van der Waals surface area contributed by atoms with E-state index in [4.69, 9.17) is 14.2 Å². The standard InChI is InChI=1S/C61H98O6/c1-4-7-10-13-16-19-22-25-26-27-28-29-30-31-32-33-34-37-39-42-45-48-51-54-60(63)66-57-58(67-61(64)55-52-49-46-43-40-36-24-21-18-15-12-9-6-3)56-65-59(62)53-50-47-44-41-38-35-23-20-17-14-11-8-5-2/h7-12,16-21,25-26,28-29,35-36,38,40,58H,4-6,13-15,22-24,27,30-34,37,39,41-57H2,1-3H3/b10-7-,11-8-,12-9-,19-16-,20-17-,21-18-,26-25-,29-28-,38-35-,40-36-. The highest BCUT2D eigenvalue weighted by molar-refractivity contribution is 5.71. The van der Waals surface area contributed by atoms with Crippen molar-refractivity contribution >= 4 is 17.9 Å². The molecule has 0 saturated carbocycles. The van der Waals surface area contributed by atoms with Crippen LogP contribution in [0, 0.1) is 0 Å². The lowest BCUT2D eigenvalue weighted by Gasteiger charge is -2.18. The molecule has 0 amide bonds. The Morgan fingerprint density at radius 3 is 0.851 bits per heavy atom. The van der Waals surface area contributed by atoms with E-state index in [0.29, 0.717) is 12.8 Å². The lowest BCUT2D eigenvalue weighted by molar-refractivity contribution is -0.167. The first-order valence-corrected chi connectivity index (χ1v) is 27.0. The van der Waals surface area contributed by atoms with Gasteiger partial charge in [0.2, 0.25) is 0 Å². The molecule has 0 aliphatic carbocycles. The zero-order valence-corrected chi connectivity index (χ0v) is 43.1. The van der Waals surface area contributed by atoms with Crippen LogP contribution >= 0.6 is 0 Å². The first kappa shape index (κ1) is 62.8. The molecule has 0 bridgehead atoms. The molecule has 0 aliphatic rings. The largest absolute Gasteiger partial charge is 0.462 e. The average Bonchev–Trinajstić information content (AvgIpc) is 3.33. The fourth-order valence-corrected chi connectivity index (χ4v) is 6.99. The minimum absolute atomic E-state index is 0.105. The van der Waals surface area contributed by atoms with Crippen LogP contribution in [-0.4, -0.2) is 37.2 Å². The molecule has 0 spiro atoms. The number of rotatable bonds is 47. The second-order valence-electron chi connectivity index (χ2n) is 17.3. The van der Waals surface area contributed by atoms with E-state index in [0.717, 1.165) is 135 Å². The lowest BCUT2D eigenvalue weighted by Crippen LogP contribution is -2.30. The molecule has 378 valence electrons. The van der Waals surface area contributed by atoms with E-state index in [1.54, 1.807) is 0 Å². The van der Waals surface area contributed by atoms with Crippen molar-refractivity contribution in [2.45, 2.75) is 232 Å². The van der Waals surface area contributed by atoms with Gasteiger partial charge in [0, 0.05) is 19.3 Å². The lowest BCUT2D eigenvalue weighted by atomic mass is 10.1. The summed E-state index contributed by atoms with van der Waals surface area (Å²) in [6.07, 6.45) is 74.8. The van der Waals surface area contributed by atoms with Gasteiger partial charge in [-0.1, -0.05) is 206 Å². The Bertz CT molecular complexity index is 1440. The average molecular weight is 927 g/mol. The smallest absolute Gasteiger partial charge is 0.306 e. The number of esters is 3. The first-order chi connectivity index (χ1) is 33.0. The van der Waals surface area contributed by atoms with E-state index in [-0.39, 0.29) is 37.5 Å². The monoisotopic (exact) mass is 927 g/mol. The molecule has 0 fully saturated rings. The zero-order valence-electron chi connectivity index (χ0n) is 43.1. The summed E-state index contributed by atoms with van der Waals surface area (Å²) < 4.78 is 16.8. The Morgan fingerprint density at radius 2 is 0.537 bits per heavy atom. The molecule has 1 unspecified atom stereocenters. The quantitative estimate of drug-likeness (QED) is 0.0262. The Labute approximate surface area is 412 Å². The third-order valence-corrected chi connectivity index (χ3v) is 10.9. The molecular formula is C61H98O6. The van der Waals surface area contributed by atoms with Crippen LogP contribution in [0.4, 0.5) is 0 Å². The predicted octanol–water partition coefficient (Wildman–Crippen LogP) is 18.1. The summed E-state index contributed by atoms with van der Waals surface area (Å²) in [6, 6.07) is 0. The second-order valence-corrected chi connectivity index (χ2v) is 17.3. The Balaban J connectivity index is 4.38. The van der Waals surface area contributed by atoms with Crippen LogP contribution in [-0.2, 0) is 28.6 Å². The zero-order chi connectivity index (χ0) is 48.6. The molecule has 0 aromatic rings. The molecule has 0 radical (unpaired) electrons. The highest BCUT2D eigenvalue weighted by atomic mass is 16.6. The van der Waals surface area contributed by atoms with Crippen molar-refractivity contribution in [1.29, 1.82) is 0 Å². The molecule has 6 nitrogen and oxygen atoms in total. The van der Waals surface area contributed by atoms with Gasteiger partial charge in [-0.3, -0.25) is 14.4 Å². The van der Waals surface area contributed by atoms with Gasteiger partial charge in [-0.05, 0) is 122 Å². The van der Waals surface area contributed by atoms with Gasteiger partial charge in [0.15, 0.2) is 6.10 Å².